The third-order valence-electron chi connectivity index (χ3n) is 8.90. The number of sulfonamides is 1. The van der Waals surface area contributed by atoms with E-state index in [1.807, 2.05) is 97.9 Å². The molecule has 0 atom stereocenters. The van der Waals surface area contributed by atoms with Crippen molar-refractivity contribution in [1.29, 1.82) is 0 Å². The summed E-state index contributed by atoms with van der Waals surface area (Å²) in [5, 5.41) is 2.76. The summed E-state index contributed by atoms with van der Waals surface area (Å²) in [4.78, 5) is 38.7. The Bertz CT molecular complexity index is 2790. The summed E-state index contributed by atoms with van der Waals surface area (Å²) in [5.41, 5.74) is 5.14. The van der Waals surface area contributed by atoms with E-state index in [9.17, 15) is 8.42 Å². The Balaban J connectivity index is 0.00000374. The minimum absolute atomic E-state index is 0. The van der Waals surface area contributed by atoms with Crippen LogP contribution in [0, 0.1) is 0 Å². The maximum Gasteiger partial charge on any atom is 0.241 e. The predicted octanol–water partition coefficient (Wildman–Crippen LogP) is 6.10. The predicted molar refractivity (Wildman–Crippen MR) is 194 cm³/mol. The molecule has 0 saturated carbocycles. The second-order valence-corrected chi connectivity index (χ2v) is 14.2. The minimum Gasteiger partial charge on any atom is -0.324 e. The van der Waals surface area contributed by atoms with Crippen molar-refractivity contribution in [3.8, 4) is 45.6 Å². The van der Waals surface area contributed by atoms with Crippen LogP contribution in [0.3, 0.4) is 0 Å². The molecule has 0 saturated heterocycles. The number of nitrogens with zero attached hydrogens (tertiary/aromatic N) is 7. The first-order chi connectivity index (χ1) is 24.3. The molecule has 0 spiro atoms. The van der Waals surface area contributed by atoms with E-state index >= 15 is 0 Å². The first-order valence-electron chi connectivity index (χ1n) is 16.2. The Morgan fingerprint density at radius 2 is 1.00 bits per heavy atom. The molecule has 14 heteroatoms. The molecular weight excluding hydrogens is 712 g/mol. The van der Waals surface area contributed by atoms with Crippen LogP contribution < -0.4 is 4.72 Å². The van der Waals surface area contributed by atoms with Gasteiger partial charge in [0.25, 0.3) is 0 Å². The van der Waals surface area contributed by atoms with Crippen molar-refractivity contribution >= 4 is 54.2 Å². The van der Waals surface area contributed by atoms with Crippen LogP contribution in [-0.2, 0) is 27.1 Å². The van der Waals surface area contributed by atoms with Crippen LogP contribution in [0.25, 0.3) is 89.7 Å². The van der Waals surface area contributed by atoms with Gasteiger partial charge in [0, 0.05) is 67.4 Å². The Morgan fingerprint density at radius 1 is 0.569 bits per heavy atom. The van der Waals surface area contributed by atoms with Gasteiger partial charge >= 0.3 is 0 Å². The van der Waals surface area contributed by atoms with E-state index in [-0.39, 0.29) is 28.5 Å². The Morgan fingerprint density at radius 3 is 1.51 bits per heavy atom. The minimum atomic E-state index is -3.94. The van der Waals surface area contributed by atoms with Gasteiger partial charge < -0.3 is 14.9 Å². The fourth-order valence-corrected chi connectivity index (χ4v) is 7.86. The van der Waals surface area contributed by atoms with Gasteiger partial charge in [0.15, 0.2) is 23.3 Å². The molecule has 12 nitrogen and oxygen atoms in total. The molecular formula is C37H30CuN10O2S. The summed E-state index contributed by atoms with van der Waals surface area (Å²) < 4.78 is 30.5. The van der Waals surface area contributed by atoms with E-state index in [1.165, 1.54) is 0 Å². The van der Waals surface area contributed by atoms with Crippen LogP contribution in [-0.4, -0.2) is 80.4 Å². The summed E-state index contributed by atoms with van der Waals surface area (Å²) in [6, 6.07) is 28.6. The fourth-order valence-electron chi connectivity index (χ4n) is 6.56. The average Bonchev–Trinajstić information content (AvgIpc) is 3.86. The molecule has 8 bridgehead atoms. The van der Waals surface area contributed by atoms with E-state index in [0.717, 1.165) is 39.6 Å². The number of aromatic nitrogens is 8. The Hall–Kier alpha value is -5.37. The van der Waals surface area contributed by atoms with Crippen molar-refractivity contribution in [3.63, 3.8) is 0 Å². The van der Waals surface area contributed by atoms with Gasteiger partial charge in [-0.3, -0.25) is 0 Å². The maximum absolute atomic E-state index is 13.9. The average molecular weight is 742 g/mol. The maximum atomic E-state index is 13.9. The number of H-pyrrole nitrogens is 2. The smallest absolute Gasteiger partial charge is 0.241 e. The van der Waals surface area contributed by atoms with Gasteiger partial charge in [-0.1, -0.05) is 84.9 Å². The molecule has 9 rings (SSSR count). The number of rotatable bonds is 6. The molecule has 0 unspecified atom stereocenters. The molecule has 1 radical (unpaired) electrons. The normalized spacial score (nSPS) is 12.2. The number of nitrogens with one attached hydrogen (secondary N) is 3. The molecule has 5 heterocycles. The van der Waals surface area contributed by atoms with E-state index < -0.39 is 10.0 Å². The number of benzene rings is 4. The quantitative estimate of drug-likeness (QED) is 0.135. The van der Waals surface area contributed by atoms with Gasteiger partial charge in [0.05, 0.1) is 4.90 Å². The molecule has 3 N–H and O–H groups in total. The SMILES string of the molecule is CN(C)CCCNS(=O)(=O)c1cccc2c3nc4nc(nc5[nH]c(nc6nc(nc([nH]3)c12)-c1ccccc1-6)c1ccccc51)-c1ccccc1-4.[Cu]. The number of hydrogen-bond donors (Lipinski definition) is 3. The van der Waals surface area contributed by atoms with Crippen LogP contribution in [0.15, 0.2) is 95.9 Å². The Kier molecular flexibility index (Phi) is 8.20. The van der Waals surface area contributed by atoms with E-state index in [0.29, 0.717) is 63.1 Å². The first-order valence-corrected chi connectivity index (χ1v) is 17.7. The van der Waals surface area contributed by atoms with Crippen molar-refractivity contribution in [2.45, 2.75) is 11.3 Å². The van der Waals surface area contributed by atoms with Crippen molar-refractivity contribution in [1.82, 2.24) is 49.5 Å². The largest absolute Gasteiger partial charge is 0.324 e. The van der Waals surface area contributed by atoms with Gasteiger partial charge in [0.1, 0.15) is 22.6 Å². The topological polar surface area (TPSA) is 158 Å². The first kappa shape index (κ1) is 32.8. The van der Waals surface area contributed by atoms with Crippen molar-refractivity contribution in [2.75, 3.05) is 27.2 Å². The van der Waals surface area contributed by atoms with Crippen LogP contribution in [0.1, 0.15) is 6.42 Å². The van der Waals surface area contributed by atoms with E-state index in [4.69, 9.17) is 29.9 Å². The van der Waals surface area contributed by atoms with Crippen molar-refractivity contribution < 1.29 is 25.5 Å². The third kappa shape index (κ3) is 5.67. The molecule has 0 fully saturated rings. The zero-order valence-electron chi connectivity index (χ0n) is 27.4. The fraction of sp³-hybridized carbons (Fsp3) is 0.135. The molecule has 0 aliphatic carbocycles. The van der Waals surface area contributed by atoms with E-state index in [1.54, 1.807) is 12.1 Å². The molecule has 0 amide bonds. The van der Waals surface area contributed by atoms with Gasteiger partial charge in [-0.25, -0.2) is 43.0 Å². The summed E-state index contributed by atoms with van der Waals surface area (Å²) in [7, 11) is -0.0275. The summed E-state index contributed by atoms with van der Waals surface area (Å²) >= 11 is 0. The molecule has 4 aromatic carbocycles. The van der Waals surface area contributed by atoms with Gasteiger partial charge in [-0.15, -0.1) is 0 Å². The van der Waals surface area contributed by atoms with Gasteiger partial charge in [0.2, 0.25) is 10.0 Å². The van der Waals surface area contributed by atoms with Gasteiger partial charge in [-0.2, -0.15) is 0 Å². The summed E-state index contributed by atoms with van der Waals surface area (Å²) in [6.07, 6.45) is 0.656. The van der Waals surface area contributed by atoms with Crippen LogP contribution >= 0.6 is 0 Å². The van der Waals surface area contributed by atoms with Gasteiger partial charge in [-0.05, 0) is 33.1 Å². The number of hydrogen-bond acceptors (Lipinski definition) is 9. The number of fused-ring (bicyclic) bond motifs is 20. The Labute approximate surface area is 303 Å². The van der Waals surface area contributed by atoms with Crippen LogP contribution in [0.5, 0.6) is 0 Å². The van der Waals surface area contributed by atoms with Crippen LogP contribution in [0.4, 0.5) is 0 Å². The van der Waals surface area contributed by atoms with E-state index in [2.05, 4.69) is 14.7 Å². The zero-order valence-corrected chi connectivity index (χ0v) is 29.2. The molecule has 51 heavy (non-hydrogen) atoms. The number of aromatic amines is 2. The van der Waals surface area contributed by atoms with Crippen LogP contribution in [0.2, 0.25) is 0 Å². The van der Waals surface area contributed by atoms with Crippen molar-refractivity contribution in [3.05, 3.63) is 91.0 Å². The second-order valence-electron chi connectivity index (χ2n) is 12.5. The second kappa shape index (κ2) is 12.7. The summed E-state index contributed by atoms with van der Waals surface area (Å²) in [5.74, 6) is 1.80. The summed E-state index contributed by atoms with van der Waals surface area (Å²) in [6.45, 7) is 1.04. The molecule has 7 aromatic rings. The molecule has 2 aliphatic rings. The standard InChI is InChI=1S/C37H30N10O2S.Cu/c1-47(2)20-10-19-38-50(48,49)28-18-9-17-27-29(28)37-45-35-26-16-8-7-15-25(26)33(43-35)41-31-22-12-4-3-11-21(22)30(39-31)40-32-23-13-5-6-14-24(23)34(42-32)44-36(27)46-37;/h3-9,11-18,38H,10,19-20H2,1-2H3,(H2,39,40,41,42,43,44,45,46);. The molecule has 257 valence electrons. The molecule has 2 aliphatic heterocycles. The van der Waals surface area contributed by atoms with Crippen molar-refractivity contribution in [2.24, 2.45) is 0 Å². The molecule has 3 aromatic heterocycles. The zero-order chi connectivity index (χ0) is 34.0. The third-order valence-corrected chi connectivity index (χ3v) is 10.4. The monoisotopic (exact) mass is 741 g/mol.